The molecule has 0 aromatic carbocycles. The van der Waals surface area contributed by atoms with Crippen molar-refractivity contribution in [3.63, 3.8) is 0 Å². The molecule has 0 N–H and O–H groups in total. The first kappa shape index (κ1) is 20.4. The van der Waals surface area contributed by atoms with E-state index in [0.29, 0.717) is 0 Å². The van der Waals surface area contributed by atoms with Crippen LogP contribution < -0.4 is 0 Å². The molecule has 0 aliphatic carbocycles. The van der Waals surface area contributed by atoms with E-state index in [1.54, 1.807) is 0 Å². The Morgan fingerprint density at radius 1 is 1.19 bits per heavy atom. The van der Waals surface area contributed by atoms with Crippen molar-refractivity contribution in [2.24, 2.45) is 5.92 Å². The monoisotopic (exact) mass is 222 g/mol. The number of allylic oxidation sites excluding steroid dienone is 5. The van der Waals surface area contributed by atoms with Gasteiger partial charge >= 0.3 is 0 Å². The standard InChI is InChI=1S/C12H20.C2H6.C2H4/c1-5-7-8-9-12(6-2)10-11(3)4;2*1-2/h5-6,8-9,11H,1,7,10H2,2-4H3;1-2H3;1-2H2/b9-8-,12-6-;;. The van der Waals surface area contributed by atoms with Gasteiger partial charge in [0.15, 0.2) is 0 Å². The Hall–Kier alpha value is -1.04. The van der Waals surface area contributed by atoms with Crippen molar-refractivity contribution in [1.82, 2.24) is 0 Å². The third-order valence-corrected chi connectivity index (χ3v) is 1.65. The van der Waals surface area contributed by atoms with Crippen LogP contribution in [0.3, 0.4) is 0 Å². The molecule has 0 nitrogen and oxygen atoms in total. The van der Waals surface area contributed by atoms with Crippen LogP contribution in [0.1, 0.15) is 47.5 Å². The predicted octanol–water partition coefficient (Wildman–Crippen LogP) is 5.94. The fraction of sp³-hybridized carbons (Fsp3) is 0.500. The quantitative estimate of drug-likeness (QED) is 0.399. The van der Waals surface area contributed by atoms with Gasteiger partial charge < -0.3 is 0 Å². The highest BCUT2D eigenvalue weighted by atomic mass is 14.0. The Kier molecular flexibility index (Phi) is 24.9. The highest BCUT2D eigenvalue weighted by Gasteiger charge is 1.95. The van der Waals surface area contributed by atoms with Gasteiger partial charge in [-0.2, -0.15) is 0 Å². The van der Waals surface area contributed by atoms with Gasteiger partial charge in [0.25, 0.3) is 0 Å². The van der Waals surface area contributed by atoms with Crippen molar-refractivity contribution in [2.75, 3.05) is 0 Å². The maximum absolute atomic E-state index is 3.67. The van der Waals surface area contributed by atoms with E-state index >= 15 is 0 Å². The number of hydrogen-bond acceptors (Lipinski definition) is 0. The second kappa shape index (κ2) is 19.5. The van der Waals surface area contributed by atoms with Gasteiger partial charge in [-0.1, -0.05) is 57.6 Å². The van der Waals surface area contributed by atoms with Crippen LogP contribution in [-0.2, 0) is 0 Å². The summed E-state index contributed by atoms with van der Waals surface area (Å²) in [7, 11) is 0. The van der Waals surface area contributed by atoms with Gasteiger partial charge in [0.1, 0.15) is 0 Å². The molecule has 0 radical (unpaired) electrons. The Labute approximate surface area is 103 Å². The lowest BCUT2D eigenvalue weighted by atomic mass is 10.0. The van der Waals surface area contributed by atoms with Gasteiger partial charge in [0.05, 0.1) is 0 Å². The highest BCUT2D eigenvalue weighted by molar-refractivity contribution is 5.18. The summed E-state index contributed by atoms with van der Waals surface area (Å²) in [6.45, 7) is 20.2. The molecule has 0 bridgehead atoms. The van der Waals surface area contributed by atoms with Crippen molar-refractivity contribution in [1.29, 1.82) is 0 Å². The van der Waals surface area contributed by atoms with Gasteiger partial charge in [0.2, 0.25) is 0 Å². The minimum Gasteiger partial charge on any atom is -0.106 e. The average Bonchev–Trinajstić information content (AvgIpc) is 2.33. The number of hydrogen-bond donors (Lipinski definition) is 0. The Morgan fingerprint density at radius 2 is 1.69 bits per heavy atom. The third-order valence-electron chi connectivity index (χ3n) is 1.65. The minimum absolute atomic E-state index is 0.740. The van der Waals surface area contributed by atoms with E-state index in [9.17, 15) is 0 Å². The fourth-order valence-electron chi connectivity index (χ4n) is 1.07. The zero-order valence-corrected chi connectivity index (χ0v) is 11.9. The first-order chi connectivity index (χ1) is 7.70. The zero-order chi connectivity index (χ0) is 13.4. The molecule has 0 heteroatoms. The van der Waals surface area contributed by atoms with E-state index in [1.807, 2.05) is 19.9 Å². The first-order valence-corrected chi connectivity index (χ1v) is 6.13. The summed E-state index contributed by atoms with van der Waals surface area (Å²) in [5.41, 5.74) is 1.42. The molecule has 0 aliphatic rings. The topological polar surface area (TPSA) is 0 Å². The third kappa shape index (κ3) is 18.7. The zero-order valence-electron chi connectivity index (χ0n) is 11.9. The van der Waals surface area contributed by atoms with Crippen LogP contribution in [0.15, 0.2) is 49.6 Å². The van der Waals surface area contributed by atoms with Crippen LogP contribution in [-0.4, -0.2) is 0 Å². The second-order valence-electron chi connectivity index (χ2n) is 3.39. The highest BCUT2D eigenvalue weighted by Crippen LogP contribution is 2.11. The molecule has 0 aromatic heterocycles. The van der Waals surface area contributed by atoms with Crippen LogP contribution in [0.2, 0.25) is 0 Å². The molecule has 0 saturated carbocycles. The number of rotatable bonds is 5. The molecule has 0 aromatic rings. The van der Waals surface area contributed by atoms with E-state index < -0.39 is 0 Å². The summed E-state index contributed by atoms with van der Waals surface area (Å²) in [5.74, 6) is 0.740. The molecule has 0 amide bonds. The molecule has 16 heavy (non-hydrogen) atoms. The van der Waals surface area contributed by atoms with Crippen LogP contribution in [0.5, 0.6) is 0 Å². The second-order valence-corrected chi connectivity index (χ2v) is 3.39. The molecule has 0 atom stereocenters. The van der Waals surface area contributed by atoms with Crippen LogP contribution in [0.25, 0.3) is 0 Å². The molecule has 0 heterocycles. The summed E-state index contributed by atoms with van der Waals surface area (Å²) >= 11 is 0. The van der Waals surface area contributed by atoms with Crippen molar-refractivity contribution >= 4 is 0 Å². The van der Waals surface area contributed by atoms with Crippen molar-refractivity contribution in [2.45, 2.75) is 47.5 Å². The summed E-state index contributed by atoms with van der Waals surface area (Å²) in [4.78, 5) is 0. The molecule has 94 valence electrons. The normalized spacial score (nSPS) is 10.2. The summed E-state index contributed by atoms with van der Waals surface area (Å²) in [6.07, 6.45) is 10.6. The Morgan fingerprint density at radius 3 is 2.00 bits per heavy atom. The van der Waals surface area contributed by atoms with E-state index in [4.69, 9.17) is 0 Å². The van der Waals surface area contributed by atoms with Crippen LogP contribution in [0, 0.1) is 5.92 Å². The van der Waals surface area contributed by atoms with E-state index in [0.717, 1.165) is 12.3 Å². The van der Waals surface area contributed by atoms with Gasteiger partial charge in [-0.15, -0.1) is 19.7 Å². The molecule has 0 unspecified atom stereocenters. The van der Waals surface area contributed by atoms with Gasteiger partial charge in [-0.3, -0.25) is 0 Å². The largest absolute Gasteiger partial charge is 0.106 e. The molecular weight excluding hydrogens is 192 g/mol. The molecule has 0 aliphatic heterocycles. The minimum atomic E-state index is 0.740. The maximum Gasteiger partial charge on any atom is -0.0169 e. The molecule has 0 saturated heterocycles. The van der Waals surface area contributed by atoms with Crippen molar-refractivity contribution < 1.29 is 0 Å². The lowest BCUT2D eigenvalue weighted by Gasteiger charge is -2.04. The van der Waals surface area contributed by atoms with Crippen LogP contribution in [0.4, 0.5) is 0 Å². The predicted molar refractivity (Wildman–Crippen MR) is 79.8 cm³/mol. The van der Waals surface area contributed by atoms with Gasteiger partial charge in [-0.05, 0) is 25.7 Å². The van der Waals surface area contributed by atoms with Crippen molar-refractivity contribution in [3.05, 3.63) is 49.6 Å². The van der Waals surface area contributed by atoms with Crippen LogP contribution >= 0.6 is 0 Å². The molecule has 0 rings (SSSR count). The smallest absolute Gasteiger partial charge is 0.0169 e. The van der Waals surface area contributed by atoms with Gasteiger partial charge in [0, 0.05) is 0 Å². The molecule has 0 spiro atoms. The Balaban J connectivity index is -0.000000376. The Bertz CT molecular complexity index is 182. The van der Waals surface area contributed by atoms with E-state index in [1.165, 1.54) is 12.0 Å². The molecular formula is C16H30. The van der Waals surface area contributed by atoms with E-state index in [2.05, 4.69) is 58.7 Å². The summed E-state index contributed by atoms with van der Waals surface area (Å²) in [5, 5.41) is 0. The lowest BCUT2D eigenvalue weighted by Crippen LogP contribution is -1.88. The van der Waals surface area contributed by atoms with Gasteiger partial charge in [-0.25, -0.2) is 0 Å². The first-order valence-electron chi connectivity index (χ1n) is 6.13. The SMILES string of the molecule is C=C.C=CC/C=C\C(=C\C)CC(C)C.CC. The maximum atomic E-state index is 3.67. The van der Waals surface area contributed by atoms with E-state index in [-0.39, 0.29) is 0 Å². The average molecular weight is 222 g/mol. The summed E-state index contributed by atoms with van der Waals surface area (Å²) < 4.78 is 0. The summed E-state index contributed by atoms with van der Waals surface area (Å²) in [6, 6.07) is 0. The van der Waals surface area contributed by atoms with Crippen molar-refractivity contribution in [3.8, 4) is 0 Å². The lowest BCUT2D eigenvalue weighted by molar-refractivity contribution is 0.649. The molecule has 0 fully saturated rings. The fourth-order valence-corrected chi connectivity index (χ4v) is 1.07.